The van der Waals surface area contributed by atoms with E-state index in [9.17, 15) is 4.79 Å². The van der Waals surface area contributed by atoms with E-state index in [1.807, 2.05) is 25.1 Å². The molecule has 0 aliphatic rings. The lowest BCUT2D eigenvalue weighted by Gasteiger charge is -2.07. The van der Waals surface area contributed by atoms with E-state index in [1.165, 1.54) is 0 Å². The number of methoxy groups -OCH3 is 1. The van der Waals surface area contributed by atoms with Crippen LogP contribution in [0.15, 0.2) is 23.0 Å². The standard InChI is InChI=1S/C13H14O2/c1-4-9-7-10(5-6-11(9)15-3)12-8(2)13(12)14/h5-7H,4H2,1-3H3. The molecule has 0 spiro atoms. The minimum absolute atomic E-state index is 0.196. The van der Waals surface area contributed by atoms with Gasteiger partial charge in [0.25, 0.3) is 0 Å². The van der Waals surface area contributed by atoms with Gasteiger partial charge in [-0.3, -0.25) is 4.79 Å². The van der Waals surface area contributed by atoms with Crippen LogP contribution in [0.1, 0.15) is 18.1 Å². The highest BCUT2D eigenvalue weighted by atomic mass is 16.5. The fourth-order valence-electron chi connectivity index (χ4n) is 1.82. The van der Waals surface area contributed by atoms with Crippen molar-refractivity contribution in [1.82, 2.24) is 0 Å². The van der Waals surface area contributed by atoms with E-state index in [4.69, 9.17) is 4.74 Å². The molecule has 0 amide bonds. The lowest BCUT2D eigenvalue weighted by Crippen LogP contribution is -1.90. The van der Waals surface area contributed by atoms with Gasteiger partial charge < -0.3 is 4.74 Å². The zero-order valence-electron chi connectivity index (χ0n) is 9.26. The number of aryl methyl sites for hydroxylation is 1. The Kier molecular flexibility index (Phi) is 2.35. The molecule has 78 valence electrons. The minimum Gasteiger partial charge on any atom is -0.496 e. The summed E-state index contributed by atoms with van der Waals surface area (Å²) in [5.41, 5.74) is 4.14. The van der Waals surface area contributed by atoms with E-state index in [-0.39, 0.29) is 5.43 Å². The number of ether oxygens (including phenoxy) is 1. The summed E-state index contributed by atoms with van der Waals surface area (Å²) in [4.78, 5) is 11.3. The first kappa shape index (κ1) is 9.97. The van der Waals surface area contributed by atoms with E-state index in [2.05, 4.69) is 6.92 Å². The molecule has 0 fully saturated rings. The lowest BCUT2D eigenvalue weighted by molar-refractivity contribution is 0.410. The van der Waals surface area contributed by atoms with Crippen molar-refractivity contribution >= 4 is 0 Å². The predicted octanol–water partition coefficient (Wildman–Crippen LogP) is 2.47. The highest BCUT2D eigenvalue weighted by Crippen LogP contribution is 2.29. The number of hydrogen-bond donors (Lipinski definition) is 0. The van der Waals surface area contributed by atoms with Crippen LogP contribution in [0.5, 0.6) is 5.75 Å². The van der Waals surface area contributed by atoms with E-state index in [0.29, 0.717) is 0 Å². The molecule has 2 nitrogen and oxygen atoms in total. The van der Waals surface area contributed by atoms with Gasteiger partial charge in [0.1, 0.15) is 5.75 Å². The summed E-state index contributed by atoms with van der Waals surface area (Å²) in [5, 5.41) is 0. The average molecular weight is 202 g/mol. The highest BCUT2D eigenvalue weighted by molar-refractivity contribution is 5.76. The number of hydrogen-bond acceptors (Lipinski definition) is 2. The third kappa shape index (κ3) is 1.56. The first-order chi connectivity index (χ1) is 7.19. The molecule has 0 aliphatic carbocycles. The van der Waals surface area contributed by atoms with Gasteiger partial charge in [-0.05, 0) is 36.6 Å². The second kappa shape index (κ2) is 3.54. The molecule has 0 bridgehead atoms. The van der Waals surface area contributed by atoms with E-state index in [1.54, 1.807) is 7.11 Å². The van der Waals surface area contributed by atoms with Gasteiger partial charge in [0.05, 0.1) is 7.11 Å². The van der Waals surface area contributed by atoms with Crippen LogP contribution in [0.2, 0.25) is 0 Å². The Labute approximate surface area is 89.2 Å². The van der Waals surface area contributed by atoms with Crippen LogP contribution in [0.25, 0.3) is 11.1 Å². The van der Waals surface area contributed by atoms with E-state index in [0.717, 1.165) is 34.4 Å². The normalized spacial score (nSPS) is 10.9. The maximum Gasteiger partial charge on any atom is 0.190 e. The summed E-state index contributed by atoms with van der Waals surface area (Å²) in [6.45, 7) is 3.95. The molecule has 0 unspecified atom stereocenters. The predicted molar refractivity (Wildman–Crippen MR) is 61.2 cm³/mol. The van der Waals surface area contributed by atoms with Gasteiger partial charge in [0.2, 0.25) is 0 Å². The molecule has 2 aromatic rings. The Balaban J connectivity index is 2.44. The minimum atomic E-state index is 0.196. The lowest BCUT2D eigenvalue weighted by atomic mass is 10.1. The molecule has 0 radical (unpaired) electrons. The molecule has 0 saturated heterocycles. The third-order valence-corrected chi connectivity index (χ3v) is 2.83. The van der Waals surface area contributed by atoms with Gasteiger partial charge in [0.15, 0.2) is 5.43 Å². The van der Waals surface area contributed by atoms with Crippen LogP contribution in [0.4, 0.5) is 0 Å². The van der Waals surface area contributed by atoms with Crippen molar-refractivity contribution in [2.24, 2.45) is 0 Å². The van der Waals surface area contributed by atoms with Crippen molar-refractivity contribution in [2.45, 2.75) is 20.3 Å². The molecule has 0 saturated carbocycles. The summed E-state index contributed by atoms with van der Waals surface area (Å²) in [7, 11) is 1.67. The number of rotatable bonds is 3. The van der Waals surface area contributed by atoms with Crippen LogP contribution in [0, 0.1) is 6.92 Å². The second-order valence-electron chi connectivity index (χ2n) is 3.71. The van der Waals surface area contributed by atoms with Crippen LogP contribution in [-0.4, -0.2) is 7.11 Å². The van der Waals surface area contributed by atoms with Crippen molar-refractivity contribution in [1.29, 1.82) is 0 Å². The second-order valence-corrected chi connectivity index (χ2v) is 3.71. The zero-order valence-corrected chi connectivity index (χ0v) is 9.26. The highest BCUT2D eigenvalue weighted by Gasteiger charge is 2.19. The Morgan fingerprint density at radius 1 is 1.33 bits per heavy atom. The van der Waals surface area contributed by atoms with Gasteiger partial charge in [-0.25, -0.2) is 0 Å². The van der Waals surface area contributed by atoms with E-state index >= 15 is 0 Å². The molecule has 2 rings (SSSR count). The largest absolute Gasteiger partial charge is 0.496 e. The fraction of sp³-hybridized carbons (Fsp3) is 0.308. The zero-order chi connectivity index (χ0) is 11.0. The Bertz CT molecular complexity index is 502. The Morgan fingerprint density at radius 2 is 2.00 bits per heavy atom. The maximum atomic E-state index is 11.3. The average Bonchev–Trinajstić information content (AvgIpc) is 2.86. The van der Waals surface area contributed by atoms with Crippen molar-refractivity contribution < 1.29 is 4.74 Å². The van der Waals surface area contributed by atoms with Crippen molar-refractivity contribution in [2.75, 3.05) is 7.11 Å². The Morgan fingerprint density at radius 3 is 2.47 bits per heavy atom. The quantitative estimate of drug-likeness (QED) is 0.764. The maximum absolute atomic E-state index is 11.3. The van der Waals surface area contributed by atoms with Crippen LogP contribution in [0.3, 0.4) is 0 Å². The van der Waals surface area contributed by atoms with Crippen LogP contribution in [-0.2, 0) is 6.42 Å². The monoisotopic (exact) mass is 202 g/mol. The molecule has 0 N–H and O–H groups in total. The molecule has 0 atom stereocenters. The van der Waals surface area contributed by atoms with E-state index < -0.39 is 0 Å². The van der Waals surface area contributed by atoms with Crippen molar-refractivity contribution in [3.8, 4) is 16.9 Å². The molecular weight excluding hydrogens is 188 g/mol. The summed E-state index contributed by atoms with van der Waals surface area (Å²) in [6, 6.07) is 5.92. The van der Waals surface area contributed by atoms with Gasteiger partial charge in [-0.2, -0.15) is 0 Å². The van der Waals surface area contributed by atoms with Gasteiger partial charge in [-0.1, -0.05) is 13.0 Å². The molecule has 0 aromatic heterocycles. The summed E-state index contributed by atoms with van der Waals surface area (Å²) in [5.74, 6) is 0.896. The smallest absolute Gasteiger partial charge is 0.190 e. The van der Waals surface area contributed by atoms with Gasteiger partial charge in [0, 0.05) is 11.1 Å². The van der Waals surface area contributed by atoms with Crippen LogP contribution < -0.4 is 10.2 Å². The SMILES string of the molecule is CCc1cc(-c2c(C)c2=O)ccc1OC. The van der Waals surface area contributed by atoms with Gasteiger partial charge >= 0.3 is 0 Å². The summed E-state index contributed by atoms with van der Waals surface area (Å²) < 4.78 is 5.24. The van der Waals surface area contributed by atoms with Gasteiger partial charge in [-0.15, -0.1) is 0 Å². The van der Waals surface area contributed by atoms with Crippen molar-refractivity contribution in [3.05, 3.63) is 39.5 Å². The first-order valence-corrected chi connectivity index (χ1v) is 5.12. The van der Waals surface area contributed by atoms with Crippen molar-refractivity contribution in [3.63, 3.8) is 0 Å². The first-order valence-electron chi connectivity index (χ1n) is 5.12. The summed E-state index contributed by atoms with van der Waals surface area (Å²) in [6.07, 6.45) is 0.914. The number of benzene rings is 1. The Hall–Kier alpha value is -1.57. The fourth-order valence-corrected chi connectivity index (χ4v) is 1.82. The molecule has 2 aromatic carbocycles. The molecular formula is C13H14O2. The molecule has 15 heavy (non-hydrogen) atoms. The third-order valence-electron chi connectivity index (χ3n) is 2.83. The topological polar surface area (TPSA) is 26.3 Å². The molecule has 0 heterocycles. The summed E-state index contributed by atoms with van der Waals surface area (Å²) >= 11 is 0. The molecule has 2 heteroatoms. The van der Waals surface area contributed by atoms with Crippen LogP contribution >= 0.6 is 0 Å². The molecule has 0 aliphatic heterocycles.